The molecule has 88 valence electrons. The first kappa shape index (κ1) is 11.3. The van der Waals surface area contributed by atoms with Crippen molar-refractivity contribution in [1.82, 2.24) is 15.2 Å². The van der Waals surface area contributed by atoms with Crippen LogP contribution in [0.5, 0.6) is 0 Å². The van der Waals surface area contributed by atoms with Crippen LogP contribution < -0.4 is 5.32 Å². The van der Waals surface area contributed by atoms with Gasteiger partial charge in [0.15, 0.2) is 0 Å². The molecule has 16 heavy (non-hydrogen) atoms. The molecule has 5 nitrogen and oxygen atoms in total. The van der Waals surface area contributed by atoms with Crippen molar-refractivity contribution in [1.29, 1.82) is 0 Å². The van der Waals surface area contributed by atoms with Crippen molar-refractivity contribution in [2.45, 2.75) is 25.5 Å². The SMILES string of the molecule is O=C(NCc1cscn1)N1CCCC(O)C1. The second kappa shape index (κ2) is 5.27. The molecule has 1 atom stereocenters. The number of hydrogen-bond donors (Lipinski definition) is 2. The Morgan fingerprint density at radius 2 is 2.62 bits per heavy atom. The maximum Gasteiger partial charge on any atom is 0.317 e. The number of β-amino-alcohol motifs (C(OH)–C–C–N with tert-alkyl or cyclic N) is 1. The number of aliphatic hydroxyl groups is 1. The lowest BCUT2D eigenvalue weighted by Crippen LogP contribution is -2.46. The summed E-state index contributed by atoms with van der Waals surface area (Å²) in [5.74, 6) is 0. The van der Waals surface area contributed by atoms with Crippen LogP contribution in [0.3, 0.4) is 0 Å². The number of hydrogen-bond acceptors (Lipinski definition) is 4. The number of carbonyl (C=O) groups excluding carboxylic acids is 1. The molecule has 1 unspecified atom stereocenters. The highest BCUT2D eigenvalue weighted by atomic mass is 32.1. The first-order valence-electron chi connectivity index (χ1n) is 5.33. The fraction of sp³-hybridized carbons (Fsp3) is 0.600. The Morgan fingerprint density at radius 3 is 3.31 bits per heavy atom. The summed E-state index contributed by atoms with van der Waals surface area (Å²) >= 11 is 1.51. The second-order valence-electron chi connectivity index (χ2n) is 3.88. The number of nitrogens with one attached hydrogen (secondary N) is 1. The van der Waals surface area contributed by atoms with Crippen molar-refractivity contribution in [2.24, 2.45) is 0 Å². The lowest BCUT2D eigenvalue weighted by Gasteiger charge is -2.30. The summed E-state index contributed by atoms with van der Waals surface area (Å²) in [6, 6.07) is -0.119. The van der Waals surface area contributed by atoms with E-state index in [9.17, 15) is 9.90 Å². The molecular weight excluding hydrogens is 226 g/mol. The van der Waals surface area contributed by atoms with E-state index in [1.54, 1.807) is 10.4 Å². The monoisotopic (exact) mass is 241 g/mol. The zero-order valence-electron chi connectivity index (χ0n) is 8.93. The minimum absolute atomic E-state index is 0.119. The Labute approximate surface area is 98.1 Å². The van der Waals surface area contributed by atoms with Crippen molar-refractivity contribution < 1.29 is 9.90 Å². The van der Waals surface area contributed by atoms with E-state index < -0.39 is 0 Å². The molecule has 0 saturated carbocycles. The molecule has 2 N–H and O–H groups in total. The Hall–Kier alpha value is -1.14. The lowest BCUT2D eigenvalue weighted by atomic mass is 10.1. The van der Waals surface area contributed by atoms with Crippen molar-refractivity contribution in [3.63, 3.8) is 0 Å². The number of likely N-dealkylation sites (tertiary alicyclic amines) is 1. The first-order chi connectivity index (χ1) is 7.75. The molecule has 1 aliphatic rings. The fourth-order valence-corrected chi connectivity index (χ4v) is 2.30. The van der Waals surface area contributed by atoms with Gasteiger partial charge >= 0.3 is 6.03 Å². The standard InChI is InChI=1S/C10H15N3O2S/c14-9-2-1-3-13(5-9)10(15)11-4-8-6-16-7-12-8/h6-7,9,14H,1-5H2,(H,11,15). The van der Waals surface area contributed by atoms with Gasteiger partial charge in [0.05, 0.1) is 23.9 Å². The van der Waals surface area contributed by atoms with Gasteiger partial charge in [0.25, 0.3) is 0 Å². The average Bonchev–Trinajstić information content (AvgIpc) is 2.78. The highest BCUT2D eigenvalue weighted by molar-refractivity contribution is 7.07. The van der Waals surface area contributed by atoms with Crippen LogP contribution in [-0.2, 0) is 6.54 Å². The maximum atomic E-state index is 11.7. The quantitative estimate of drug-likeness (QED) is 0.805. The van der Waals surface area contributed by atoms with Crippen LogP contribution in [0.4, 0.5) is 4.79 Å². The predicted molar refractivity (Wildman–Crippen MR) is 61.2 cm³/mol. The molecular formula is C10H15N3O2S. The van der Waals surface area contributed by atoms with E-state index in [0.717, 1.165) is 25.1 Å². The van der Waals surface area contributed by atoms with Gasteiger partial charge in [0, 0.05) is 18.5 Å². The molecule has 6 heteroatoms. The van der Waals surface area contributed by atoms with Crippen LogP contribution in [0.15, 0.2) is 10.9 Å². The van der Waals surface area contributed by atoms with Crippen molar-refractivity contribution in [3.8, 4) is 0 Å². The molecule has 1 aromatic rings. The predicted octanol–water partition coefficient (Wildman–Crippen LogP) is 0.809. The van der Waals surface area contributed by atoms with Crippen LogP contribution in [0.25, 0.3) is 0 Å². The van der Waals surface area contributed by atoms with Gasteiger partial charge in [-0.1, -0.05) is 0 Å². The number of urea groups is 1. The zero-order valence-corrected chi connectivity index (χ0v) is 9.74. The molecule has 1 fully saturated rings. The Balaban J connectivity index is 1.79. The van der Waals surface area contributed by atoms with E-state index in [4.69, 9.17) is 0 Å². The second-order valence-corrected chi connectivity index (χ2v) is 4.60. The minimum Gasteiger partial charge on any atom is -0.391 e. The maximum absolute atomic E-state index is 11.7. The third kappa shape index (κ3) is 2.93. The smallest absolute Gasteiger partial charge is 0.317 e. The van der Waals surface area contributed by atoms with Crippen LogP contribution in [-0.4, -0.2) is 40.2 Å². The average molecular weight is 241 g/mol. The summed E-state index contributed by atoms with van der Waals surface area (Å²) in [5.41, 5.74) is 2.61. The number of carbonyl (C=O) groups is 1. The van der Waals surface area contributed by atoms with E-state index in [2.05, 4.69) is 10.3 Å². The fourth-order valence-electron chi connectivity index (χ4n) is 1.74. The van der Waals surface area contributed by atoms with E-state index in [-0.39, 0.29) is 12.1 Å². The Bertz CT molecular complexity index is 342. The van der Waals surface area contributed by atoms with Crippen LogP contribution >= 0.6 is 11.3 Å². The molecule has 1 saturated heterocycles. The molecule has 1 aromatic heterocycles. The molecule has 2 rings (SSSR count). The van der Waals surface area contributed by atoms with Crippen LogP contribution in [0.1, 0.15) is 18.5 Å². The summed E-state index contributed by atoms with van der Waals surface area (Å²) in [6.45, 7) is 1.61. The van der Waals surface area contributed by atoms with Gasteiger partial charge in [0.2, 0.25) is 0 Å². The summed E-state index contributed by atoms with van der Waals surface area (Å²) in [5, 5.41) is 14.2. The van der Waals surface area contributed by atoms with Crippen molar-refractivity contribution in [3.05, 3.63) is 16.6 Å². The van der Waals surface area contributed by atoms with Gasteiger partial charge in [0.1, 0.15) is 0 Å². The number of piperidine rings is 1. The lowest BCUT2D eigenvalue weighted by molar-refractivity contribution is 0.0841. The molecule has 2 amide bonds. The minimum atomic E-state index is -0.376. The summed E-state index contributed by atoms with van der Waals surface area (Å²) in [6.07, 6.45) is 1.28. The highest BCUT2D eigenvalue weighted by Crippen LogP contribution is 2.09. The van der Waals surface area contributed by atoms with Gasteiger partial charge < -0.3 is 15.3 Å². The van der Waals surface area contributed by atoms with E-state index >= 15 is 0 Å². The van der Waals surface area contributed by atoms with Crippen molar-refractivity contribution >= 4 is 17.4 Å². The molecule has 1 aliphatic heterocycles. The van der Waals surface area contributed by atoms with Crippen molar-refractivity contribution in [2.75, 3.05) is 13.1 Å². The Morgan fingerprint density at radius 1 is 1.75 bits per heavy atom. The van der Waals surface area contributed by atoms with Gasteiger partial charge in [-0.2, -0.15) is 0 Å². The largest absolute Gasteiger partial charge is 0.391 e. The summed E-state index contributed by atoms with van der Waals surface area (Å²) in [4.78, 5) is 17.5. The zero-order chi connectivity index (χ0) is 11.4. The molecule has 0 aromatic carbocycles. The highest BCUT2D eigenvalue weighted by Gasteiger charge is 2.21. The summed E-state index contributed by atoms with van der Waals surface area (Å²) < 4.78 is 0. The molecule has 2 heterocycles. The van der Waals surface area contributed by atoms with Gasteiger partial charge in [-0.15, -0.1) is 11.3 Å². The molecule has 0 spiro atoms. The molecule has 0 bridgehead atoms. The van der Waals surface area contributed by atoms with Crippen LogP contribution in [0, 0.1) is 0 Å². The molecule has 0 aliphatic carbocycles. The first-order valence-corrected chi connectivity index (χ1v) is 6.28. The van der Waals surface area contributed by atoms with Gasteiger partial charge in [-0.25, -0.2) is 9.78 Å². The number of amides is 2. The number of rotatable bonds is 2. The Kier molecular flexibility index (Phi) is 3.74. The third-order valence-electron chi connectivity index (χ3n) is 2.59. The number of nitrogens with zero attached hydrogens (tertiary/aromatic N) is 2. The van der Waals surface area contributed by atoms with E-state index in [1.165, 1.54) is 11.3 Å². The normalized spacial score (nSPS) is 20.8. The number of aromatic nitrogens is 1. The van der Waals surface area contributed by atoms with E-state index in [1.807, 2.05) is 5.38 Å². The summed E-state index contributed by atoms with van der Waals surface area (Å²) in [7, 11) is 0. The van der Waals surface area contributed by atoms with Crippen LogP contribution in [0.2, 0.25) is 0 Å². The van der Waals surface area contributed by atoms with Gasteiger partial charge in [-0.05, 0) is 12.8 Å². The third-order valence-corrected chi connectivity index (χ3v) is 3.22. The molecule has 0 radical (unpaired) electrons. The van der Waals surface area contributed by atoms with Gasteiger partial charge in [-0.3, -0.25) is 0 Å². The number of aliphatic hydroxyl groups excluding tert-OH is 1. The van der Waals surface area contributed by atoms with E-state index in [0.29, 0.717) is 13.1 Å². The number of thiazole rings is 1. The topological polar surface area (TPSA) is 65.5 Å².